The van der Waals surface area contributed by atoms with Gasteiger partial charge in [0, 0.05) is 35.7 Å². The van der Waals surface area contributed by atoms with Gasteiger partial charge in [0.2, 0.25) is 0 Å². The number of amides is 1. The van der Waals surface area contributed by atoms with Crippen molar-refractivity contribution < 1.29 is 18.8 Å². The molecule has 54 heavy (non-hydrogen) atoms. The van der Waals surface area contributed by atoms with Crippen LogP contribution in [0.25, 0.3) is 10.8 Å². The van der Waals surface area contributed by atoms with E-state index in [9.17, 15) is 14.6 Å². The molecule has 1 amide bonds. The molecule has 0 bridgehead atoms. The highest BCUT2D eigenvalue weighted by atomic mass is 35.5. The molecule has 1 aliphatic rings. The average Bonchev–Trinajstić information content (AvgIpc) is 3.19. The normalized spacial score (nSPS) is 14.7. The number of hydrogen-bond acceptors (Lipinski definition) is 6. The minimum atomic E-state index is -1.13. The molecular weight excluding hydrogens is 737 g/mol. The van der Waals surface area contributed by atoms with Crippen molar-refractivity contribution in [2.45, 2.75) is 55.9 Å². The molecule has 1 N–H and O–H groups in total. The summed E-state index contributed by atoms with van der Waals surface area (Å²) in [5, 5.41) is 23.6. The van der Waals surface area contributed by atoms with Crippen molar-refractivity contribution in [3.63, 3.8) is 0 Å². The predicted molar refractivity (Wildman–Crippen MR) is 218 cm³/mol. The van der Waals surface area contributed by atoms with Crippen LogP contribution in [-0.2, 0) is 23.8 Å². The largest absolute Gasteiger partial charge is 0.508 e. The predicted octanol–water partition coefficient (Wildman–Crippen LogP) is 9.73. The molecule has 2 unspecified atom stereocenters. The van der Waals surface area contributed by atoms with E-state index in [1.54, 1.807) is 31.6 Å². The number of carbonyl (C=O) groups excluding carboxylic acids is 1. The Morgan fingerprint density at radius 3 is 2.44 bits per heavy atom. The highest BCUT2D eigenvalue weighted by molar-refractivity contribution is 7.84. The Balaban J connectivity index is 1.31. The number of fused-ring (bicyclic) bond motifs is 1. The van der Waals surface area contributed by atoms with Crippen LogP contribution in [0.2, 0.25) is 10.0 Å². The zero-order chi connectivity index (χ0) is 38.4. The van der Waals surface area contributed by atoms with Crippen LogP contribution in [0.5, 0.6) is 11.5 Å². The van der Waals surface area contributed by atoms with E-state index < -0.39 is 10.8 Å². The van der Waals surface area contributed by atoms with Crippen molar-refractivity contribution in [1.29, 1.82) is 5.26 Å². The summed E-state index contributed by atoms with van der Waals surface area (Å²) in [7, 11) is 0.496. The lowest BCUT2D eigenvalue weighted by Gasteiger charge is -2.35. The molecular formula is C44H45Cl2N3O4S. The van der Waals surface area contributed by atoms with Crippen molar-refractivity contribution in [3.05, 3.63) is 134 Å². The average molecular weight is 783 g/mol. The summed E-state index contributed by atoms with van der Waals surface area (Å²) in [6.07, 6.45) is 4.84. The third-order valence-corrected chi connectivity index (χ3v) is 12.4. The molecule has 1 aliphatic heterocycles. The fourth-order valence-electron chi connectivity index (χ4n) is 7.76. The van der Waals surface area contributed by atoms with E-state index >= 15 is 4.79 Å². The first-order chi connectivity index (χ1) is 26.1. The molecule has 5 aromatic rings. The Morgan fingerprint density at radius 2 is 1.76 bits per heavy atom. The Labute approximate surface area is 330 Å². The number of halogens is 2. The standard InChI is InChI=1S/C44H45Cl2N3O4S/c1-4-36-34(26-47)23-31-9-5-7-11-38(31)43(36)44(51)49(28-33-10-6-8-12-41(33)50)27-32(30-13-16-39(45)40(46)24-30)19-22-48-20-17-29(18-21-48)37-15-14-35(53-2)25-42(37)54(3)52/h5-16,23-25,29,32,50H,4,17-22,27-28H2,1-3H3. The minimum Gasteiger partial charge on any atom is -0.508 e. The molecule has 0 saturated carbocycles. The van der Waals surface area contributed by atoms with Crippen molar-refractivity contribution in [3.8, 4) is 17.6 Å². The first-order valence-electron chi connectivity index (χ1n) is 18.3. The molecule has 7 nitrogen and oxygen atoms in total. The summed E-state index contributed by atoms with van der Waals surface area (Å²) in [6, 6.07) is 30.5. The van der Waals surface area contributed by atoms with E-state index in [1.165, 1.54) is 0 Å². The molecule has 6 rings (SSSR count). The molecule has 0 radical (unpaired) electrons. The number of phenolic OH excluding ortho intramolecular Hbond substituents is 1. The number of nitrogens with zero attached hydrogens (tertiary/aromatic N) is 3. The van der Waals surface area contributed by atoms with E-state index in [-0.39, 0.29) is 24.1 Å². The summed E-state index contributed by atoms with van der Waals surface area (Å²) in [6.45, 7) is 5.04. The third-order valence-electron chi connectivity index (χ3n) is 10.7. The van der Waals surface area contributed by atoms with E-state index in [0.717, 1.165) is 65.7 Å². The number of nitriles is 1. The lowest BCUT2D eigenvalue weighted by Crippen LogP contribution is -2.38. The van der Waals surface area contributed by atoms with Gasteiger partial charge < -0.3 is 19.6 Å². The van der Waals surface area contributed by atoms with Crippen molar-refractivity contribution in [2.24, 2.45) is 0 Å². The fraction of sp³-hybridized carbons (Fsp3) is 0.318. The van der Waals surface area contributed by atoms with Crippen molar-refractivity contribution >= 4 is 50.7 Å². The highest BCUT2D eigenvalue weighted by Crippen LogP contribution is 2.36. The van der Waals surface area contributed by atoms with Crippen LogP contribution in [-0.4, -0.2) is 64.6 Å². The van der Waals surface area contributed by atoms with Crippen LogP contribution >= 0.6 is 23.2 Å². The topological polar surface area (TPSA) is 93.9 Å². The number of carbonyl (C=O) groups is 1. The maximum atomic E-state index is 15.1. The molecule has 0 aromatic heterocycles. The molecule has 1 saturated heterocycles. The van der Waals surface area contributed by atoms with Crippen molar-refractivity contribution in [1.82, 2.24) is 9.80 Å². The van der Waals surface area contributed by atoms with Crippen LogP contribution in [0.3, 0.4) is 0 Å². The number of aromatic hydroxyl groups is 1. The Morgan fingerprint density at radius 1 is 1.02 bits per heavy atom. The van der Waals surface area contributed by atoms with Gasteiger partial charge in [-0.2, -0.15) is 5.26 Å². The van der Waals surface area contributed by atoms with Crippen LogP contribution in [0.15, 0.2) is 95.9 Å². The van der Waals surface area contributed by atoms with E-state index in [4.69, 9.17) is 27.9 Å². The van der Waals surface area contributed by atoms with Gasteiger partial charge in [0.1, 0.15) is 11.5 Å². The van der Waals surface area contributed by atoms with E-state index in [0.29, 0.717) is 56.9 Å². The maximum Gasteiger partial charge on any atom is 0.255 e. The molecule has 0 aliphatic carbocycles. The van der Waals surface area contributed by atoms with Crippen molar-refractivity contribution in [2.75, 3.05) is 39.5 Å². The fourth-order valence-corrected chi connectivity index (χ4v) is 8.91. The van der Waals surface area contributed by atoms with Gasteiger partial charge in [-0.1, -0.05) is 84.7 Å². The number of ether oxygens (including phenoxy) is 1. The molecule has 0 spiro atoms. The second-order valence-corrected chi connectivity index (χ2v) is 16.1. The van der Waals surface area contributed by atoms with Gasteiger partial charge in [-0.05, 0) is 115 Å². The first kappa shape index (κ1) is 39.3. The van der Waals surface area contributed by atoms with Gasteiger partial charge in [0.05, 0.1) is 45.2 Å². The molecule has 280 valence electrons. The van der Waals surface area contributed by atoms with E-state index in [1.807, 2.05) is 78.6 Å². The van der Waals surface area contributed by atoms with Gasteiger partial charge in [0.15, 0.2) is 0 Å². The van der Waals surface area contributed by atoms with Crippen LogP contribution in [0, 0.1) is 11.3 Å². The number of methoxy groups -OCH3 is 1. The monoisotopic (exact) mass is 781 g/mol. The number of para-hydroxylation sites is 1. The number of hydrogen-bond donors (Lipinski definition) is 1. The quantitative estimate of drug-likeness (QED) is 0.128. The summed E-state index contributed by atoms with van der Waals surface area (Å²) < 4.78 is 18.1. The van der Waals surface area contributed by atoms with Gasteiger partial charge in [-0.3, -0.25) is 9.00 Å². The first-order valence-corrected chi connectivity index (χ1v) is 20.6. The third kappa shape index (κ3) is 8.77. The summed E-state index contributed by atoms with van der Waals surface area (Å²) in [5.41, 5.74) is 4.44. The minimum absolute atomic E-state index is 0.113. The summed E-state index contributed by atoms with van der Waals surface area (Å²) >= 11 is 13.0. The second-order valence-electron chi connectivity index (χ2n) is 13.9. The zero-order valence-corrected chi connectivity index (χ0v) is 33.2. The van der Waals surface area contributed by atoms with Gasteiger partial charge in [0.25, 0.3) is 5.91 Å². The molecule has 10 heteroatoms. The zero-order valence-electron chi connectivity index (χ0n) is 30.9. The van der Waals surface area contributed by atoms with Crippen LogP contribution in [0.4, 0.5) is 0 Å². The lowest BCUT2D eigenvalue weighted by atomic mass is 9.88. The number of benzene rings is 5. The maximum absolute atomic E-state index is 15.1. The Kier molecular flexibility index (Phi) is 13.0. The van der Waals surface area contributed by atoms with Gasteiger partial charge in [-0.15, -0.1) is 0 Å². The molecule has 2 atom stereocenters. The number of piperidine rings is 1. The van der Waals surface area contributed by atoms with Crippen LogP contribution in [0.1, 0.15) is 76.2 Å². The number of likely N-dealkylation sites (tertiary alicyclic amines) is 1. The SMILES string of the molecule is CCc1c(C#N)cc2ccccc2c1C(=O)N(Cc1ccccc1O)CC(CCN1CCC(c2ccc(OC)cc2S(C)=O)CC1)c1ccc(Cl)c(Cl)c1. The van der Waals surface area contributed by atoms with Crippen LogP contribution < -0.4 is 4.74 Å². The molecule has 5 aromatic carbocycles. The Bertz CT molecular complexity index is 2210. The summed E-state index contributed by atoms with van der Waals surface area (Å²) in [5.74, 6) is 0.802. The highest BCUT2D eigenvalue weighted by Gasteiger charge is 2.29. The molecule has 1 heterocycles. The summed E-state index contributed by atoms with van der Waals surface area (Å²) in [4.78, 5) is 20.2. The number of phenols is 1. The van der Waals surface area contributed by atoms with Gasteiger partial charge >= 0.3 is 0 Å². The second kappa shape index (κ2) is 17.8. The smallest absolute Gasteiger partial charge is 0.255 e. The number of rotatable bonds is 13. The molecule has 1 fully saturated rings. The van der Waals surface area contributed by atoms with Gasteiger partial charge in [-0.25, -0.2) is 0 Å². The Hall–Kier alpha value is -4.39. The lowest BCUT2D eigenvalue weighted by molar-refractivity contribution is 0.0726. The van der Waals surface area contributed by atoms with E-state index in [2.05, 4.69) is 17.0 Å².